The van der Waals surface area contributed by atoms with Gasteiger partial charge in [-0.15, -0.1) is 0 Å². The molecule has 2 aliphatic rings. The number of hydrogen-bond donors (Lipinski definition) is 1. The van der Waals surface area contributed by atoms with Crippen molar-refractivity contribution >= 4 is 11.9 Å². The Morgan fingerprint density at radius 3 is 2.67 bits per heavy atom. The van der Waals surface area contributed by atoms with Crippen LogP contribution in [0.4, 0.5) is 0 Å². The van der Waals surface area contributed by atoms with Crippen LogP contribution in [0.1, 0.15) is 51.9 Å². The predicted molar refractivity (Wildman–Crippen MR) is 80.5 cm³/mol. The summed E-state index contributed by atoms with van der Waals surface area (Å²) in [6.45, 7) is 3.49. The molecule has 1 saturated heterocycles. The Kier molecular flexibility index (Phi) is 6.03. The molecule has 0 radical (unpaired) electrons. The fourth-order valence-electron chi connectivity index (χ4n) is 3.50. The standard InChI is InChI=1S/C16H28N2O3/c1-2-21-16(20)13-7-5-9-18(11-13)15(19)10-12-6-3-4-8-14(12)17/h12-14H,2-11,17H2,1H3. The minimum absolute atomic E-state index is 0.150. The van der Waals surface area contributed by atoms with Crippen molar-refractivity contribution in [1.29, 1.82) is 0 Å². The lowest BCUT2D eigenvalue weighted by molar-refractivity contribution is -0.151. The summed E-state index contributed by atoms with van der Waals surface area (Å²) >= 11 is 0. The van der Waals surface area contributed by atoms with Crippen LogP contribution in [0.25, 0.3) is 0 Å². The molecular formula is C16H28N2O3. The molecule has 3 unspecified atom stereocenters. The second-order valence-electron chi connectivity index (χ2n) is 6.34. The van der Waals surface area contributed by atoms with Crippen LogP contribution in [0.2, 0.25) is 0 Å². The van der Waals surface area contributed by atoms with E-state index in [1.165, 1.54) is 12.8 Å². The summed E-state index contributed by atoms with van der Waals surface area (Å²) in [6, 6.07) is 0.161. The Morgan fingerprint density at radius 1 is 1.19 bits per heavy atom. The lowest BCUT2D eigenvalue weighted by Crippen LogP contribution is -2.45. The molecule has 1 aliphatic carbocycles. The van der Waals surface area contributed by atoms with Gasteiger partial charge in [0.15, 0.2) is 0 Å². The Labute approximate surface area is 127 Å². The van der Waals surface area contributed by atoms with Crippen LogP contribution in [0, 0.1) is 11.8 Å². The molecular weight excluding hydrogens is 268 g/mol. The van der Waals surface area contributed by atoms with Gasteiger partial charge in [0.05, 0.1) is 12.5 Å². The fourth-order valence-corrected chi connectivity index (χ4v) is 3.50. The van der Waals surface area contributed by atoms with Gasteiger partial charge < -0.3 is 15.4 Å². The third-order valence-electron chi connectivity index (χ3n) is 4.80. The molecule has 5 nitrogen and oxygen atoms in total. The highest BCUT2D eigenvalue weighted by molar-refractivity contribution is 5.78. The van der Waals surface area contributed by atoms with Crippen LogP contribution >= 0.6 is 0 Å². The summed E-state index contributed by atoms with van der Waals surface area (Å²) in [7, 11) is 0. The molecule has 1 saturated carbocycles. The van der Waals surface area contributed by atoms with Gasteiger partial charge in [0, 0.05) is 25.6 Å². The lowest BCUT2D eigenvalue weighted by atomic mass is 9.82. The molecule has 1 amide bonds. The van der Waals surface area contributed by atoms with Gasteiger partial charge in [0.1, 0.15) is 0 Å². The van der Waals surface area contributed by atoms with Crippen molar-refractivity contribution in [1.82, 2.24) is 4.90 Å². The Morgan fingerprint density at radius 2 is 1.95 bits per heavy atom. The van der Waals surface area contributed by atoms with Crippen LogP contribution in [-0.2, 0) is 14.3 Å². The maximum Gasteiger partial charge on any atom is 0.310 e. The summed E-state index contributed by atoms with van der Waals surface area (Å²) in [5.74, 6) is 0.160. The van der Waals surface area contributed by atoms with Crippen molar-refractivity contribution in [2.24, 2.45) is 17.6 Å². The van der Waals surface area contributed by atoms with Crippen molar-refractivity contribution in [3.05, 3.63) is 0 Å². The highest BCUT2D eigenvalue weighted by Crippen LogP contribution is 2.27. The third kappa shape index (κ3) is 4.43. The number of likely N-dealkylation sites (tertiary alicyclic amines) is 1. The number of nitrogens with two attached hydrogens (primary N) is 1. The third-order valence-corrected chi connectivity index (χ3v) is 4.80. The number of hydrogen-bond acceptors (Lipinski definition) is 4. The highest BCUT2D eigenvalue weighted by Gasteiger charge is 2.31. The molecule has 2 rings (SSSR count). The van der Waals surface area contributed by atoms with Crippen molar-refractivity contribution in [3.8, 4) is 0 Å². The zero-order valence-electron chi connectivity index (χ0n) is 13.1. The molecule has 0 bridgehead atoms. The van der Waals surface area contributed by atoms with Gasteiger partial charge in [-0.1, -0.05) is 12.8 Å². The van der Waals surface area contributed by atoms with E-state index >= 15 is 0 Å². The average molecular weight is 296 g/mol. The molecule has 0 spiro atoms. The summed E-state index contributed by atoms with van der Waals surface area (Å²) in [5, 5.41) is 0. The maximum absolute atomic E-state index is 12.5. The second kappa shape index (κ2) is 7.78. The molecule has 120 valence electrons. The maximum atomic E-state index is 12.5. The average Bonchev–Trinajstić information content (AvgIpc) is 2.50. The van der Waals surface area contributed by atoms with Gasteiger partial charge in [-0.05, 0) is 38.5 Å². The van der Waals surface area contributed by atoms with E-state index in [4.69, 9.17) is 10.5 Å². The smallest absolute Gasteiger partial charge is 0.310 e. The van der Waals surface area contributed by atoms with Crippen molar-refractivity contribution in [2.45, 2.75) is 57.9 Å². The topological polar surface area (TPSA) is 72.6 Å². The van der Waals surface area contributed by atoms with Crippen LogP contribution < -0.4 is 5.73 Å². The van der Waals surface area contributed by atoms with Crippen molar-refractivity contribution in [2.75, 3.05) is 19.7 Å². The minimum atomic E-state index is -0.163. The van der Waals surface area contributed by atoms with E-state index in [1.807, 2.05) is 11.8 Å². The van der Waals surface area contributed by atoms with E-state index in [-0.39, 0.29) is 23.8 Å². The molecule has 3 atom stereocenters. The molecule has 2 fully saturated rings. The number of ether oxygens (including phenoxy) is 1. The van der Waals surface area contributed by atoms with E-state index in [2.05, 4.69) is 0 Å². The second-order valence-corrected chi connectivity index (χ2v) is 6.34. The normalized spacial score (nSPS) is 30.0. The minimum Gasteiger partial charge on any atom is -0.466 e. The summed E-state index contributed by atoms with van der Waals surface area (Å²) in [5.41, 5.74) is 6.13. The van der Waals surface area contributed by atoms with Crippen molar-refractivity contribution < 1.29 is 14.3 Å². The number of piperidine rings is 1. The van der Waals surface area contributed by atoms with E-state index in [1.54, 1.807) is 0 Å². The van der Waals surface area contributed by atoms with E-state index in [0.717, 1.165) is 32.2 Å². The van der Waals surface area contributed by atoms with E-state index in [9.17, 15) is 9.59 Å². The van der Waals surface area contributed by atoms with Gasteiger partial charge in [-0.2, -0.15) is 0 Å². The predicted octanol–water partition coefficient (Wildman–Crippen LogP) is 1.70. The number of esters is 1. The van der Waals surface area contributed by atoms with Gasteiger partial charge in [-0.3, -0.25) is 9.59 Å². The molecule has 2 N–H and O–H groups in total. The fraction of sp³-hybridized carbons (Fsp3) is 0.875. The first-order valence-corrected chi connectivity index (χ1v) is 8.31. The van der Waals surface area contributed by atoms with Gasteiger partial charge in [0.2, 0.25) is 5.91 Å². The lowest BCUT2D eigenvalue weighted by Gasteiger charge is -2.34. The first-order valence-electron chi connectivity index (χ1n) is 8.31. The number of rotatable bonds is 4. The number of nitrogens with zero attached hydrogens (tertiary/aromatic N) is 1. The van der Waals surface area contributed by atoms with Crippen LogP contribution in [-0.4, -0.2) is 42.5 Å². The van der Waals surface area contributed by atoms with Crippen LogP contribution in [0.15, 0.2) is 0 Å². The quantitative estimate of drug-likeness (QED) is 0.801. The zero-order chi connectivity index (χ0) is 15.2. The highest BCUT2D eigenvalue weighted by atomic mass is 16.5. The Balaban J connectivity index is 1.85. The van der Waals surface area contributed by atoms with Gasteiger partial charge >= 0.3 is 5.97 Å². The van der Waals surface area contributed by atoms with Gasteiger partial charge in [-0.25, -0.2) is 0 Å². The molecule has 1 aliphatic heterocycles. The van der Waals surface area contributed by atoms with Crippen molar-refractivity contribution in [3.63, 3.8) is 0 Å². The first-order chi connectivity index (χ1) is 10.1. The summed E-state index contributed by atoms with van der Waals surface area (Å²) in [6.07, 6.45) is 6.69. The molecule has 21 heavy (non-hydrogen) atoms. The number of carbonyl (C=O) groups is 2. The molecule has 5 heteroatoms. The molecule has 1 heterocycles. The molecule has 0 aromatic rings. The van der Waals surface area contributed by atoms with Crippen LogP contribution in [0.5, 0.6) is 0 Å². The Bertz CT molecular complexity index is 373. The van der Waals surface area contributed by atoms with Crippen LogP contribution in [0.3, 0.4) is 0 Å². The number of amides is 1. The monoisotopic (exact) mass is 296 g/mol. The first kappa shape index (κ1) is 16.3. The largest absolute Gasteiger partial charge is 0.466 e. The summed E-state index contributed by atoms with van der Waals surface area (Å²) in [4.78, 5) is 26.1. The molecule has 0 aromatic heterocycles. The summed E-state index contributed by atoms with van der Waals surface area (Å²) < 4.78 is 5.08. The van der Waals surface area contributed by atoms with E-state index in [0.29, 0.717) is 25.5 Å². The zero-order valence-corrected chi connectivity index (χ0v) is 13.1. The Hall–Kier alpha value is -1.10. The van der Waals surface area contributed by atoms with E-state index < -0.39 is 0 Å². The number of carbonyl (C=O) groups excluding carboxylic acids is 2. The molecule has 0 aromatic carbocycles. The SMILES string of the molecule is CCOC(=O)C1CCCN(C(=O)CC2CCCCC2N)C1. The van der Waals surface area contributed by atoms with Gasteiger partial charge in [0.25, 0.3) is 0 Å².